The molecule has 3 heteroatoms. The third kappa shape index (κ3) is 3.14. The minimum Gasteiger partial charge on any atom is -0.330 e. The topological polar surface area (TPSA) is 26.0 Å². The van der Waals surface area contributed by atoms with Gasteiger partial charge in [0.2, 0.25) is 0 Å². The van der Waals surface area contributed by atoms with Gasteiger partial charge in [-0.3, -0.25) is 0 Å². The number of benzene rings is 1. The average molecular weight is 267 g/mol. The van der Waals surface area contributed by atoms with Crippen molar-refractivity contribution >= 4 is 0 Å². The Bertz CT molecular complexity index is 423. The summed E-state index contributed by atoms with van der Waals surface area (Å²) in [6.07, 6.45) is 6.13. The third-order valence-electron chi connectivity index (χ3n) is 4.77. The van der Waals surface area contributed by atoms with E-state index in [0.717, 1.165) is 31.6 Å². The highest BCUT2D eigenvalue weighted by Gasteiger charge is 2.34. The first kappa shape index (κ1) is 14.4. The molecule has 106 valence electrons. The van der Waals surface area contributed by atoms with Crippen molar-refractivity contribution in [3.63, 3.8) is 0 Å². The van der Waals surface area contributed by atoms with Crippen LogP contribution in [0.15, 0.2) is 18.2 Å². The van der Waals surface area contributed by atoms with Gasteiger partial charge in [0.25, 0.3) is 0 Å². The van der Waals surface area contributed by atoms with E-state index in [0.29, 0.717) is 18.5 Å². The van der Waals surface area contributed by atoms with E-state index in [-0.39, 0.29) is 5.41 Å². The summed E-state index contributed by atoms with van der Waals surface area (Å²) in [5.74, 6) is -0.683. The molecule has 0 bridgehead atoms. The zero-order valence-corrected chi connectivity index (χ0v) is 11.6. The fourth-order valence-corrected chi connectivity index (χ4v) is 3.24. The van der Waals surface area contributed by atoms with Crippen molar-refractivity contribution in [3.8, 4) is 0 Å². The maximum absolute atomic E-state index is 13.8. The number of halogens is 2. The van der Waals surface area contributed by atoms with Crippen molar-refractivity contribution in [2.75, 3.05) is 6.54 Å². The number of nitrogens with two attached hydrogens (primary N) is 1. The molecule has 1 aliphatic carbocycles. The van der Waals surface area contributed by atoms with Gasteiger partial charge in [-0.2, -0.15) is 0 Å². The van der Waals surface area contributed by atoms with Crippen LogP contribution in [-0.4, -0.2) is 6.54 Å². The molecule has 1 saturated carbocycles. The van der Waals surface area contributed by atoms with Gasteiger partial charge in [0.1, 0.15) is 0 Å². The van der Waals surface area contributed by atoms with Crippen molar-refractivity contribution in [2.24, 2.45) is 17.1 Å². The largest absolute Gasteiger partial charge is 0.330 e. The Morgan fingerprint density at radius 1 is 1.26 bits per heavy atom. The van der Waals surface area contributed by atoms with Gasteiger partial charge < -0.3 is 5.73 Å². The van der Waals surface area contributed by atoms with Crippen LogP contribution >= 0.6 is 0 Å². The van der Waals surface area contributed by atoms with Crippen LogP contribution in [0.1, 0.15) is 44.6 Å². The SMILES string of the molecule is CCC1CCC(CN)(Cc2cccc(F)c2F)CC1. The van der Waals surface area contributed by atoms with Crippen molar-refractivity contribution in [1.29, 1.82) is 0 Å². The molecule has 0 atom stereocenters. The van der Waals surface area contributed by atoms with Gasteiger partial charge in [0.05, 0.1) is 0 Å². The van der Waals surface area contributed by atoms with Gasteiger partial charge in [-0.1, -0.05) is 25.5 Å². The first-order chi connectivity index (χ1) is 9.10. The monoisotopic (exact) mass is 267 g/mol. The van der Waals surface area contributed by atoms with E-state index in [1.165, 1.54) is 12.5 Å². The Balaban J connectivity index is 2.13. The first-order valence-corrected chi connectivity index (χ1v) is 7.23. The fourth-order valence-electron chi connectivity index (χ4n) is 3.24. The maximum atomic E-state index is 13.8. The van der Waals surface area contributed by atoms with Crippen LogP contribution in [0.3, 0.4) is 0 Å². The van der Waals surface area contributed by atoms with Crippen molar-refractivity contribution in [1.82, 2.24) is 0 Å². The molecule has 1 fully saturated rings. The molecule has 0 aliphatic heterocycles. The number of hydrogen-bond acceptors (Lipinski definition) is 1. The number of hydrogen-bond donors (Lipinski definition) is 1. The van der Waals surface area contributed by atoms with Crippen LogP contribution in [0.4, 0.5) is 8.78 Å². The standard InChI is InChI=1S/C16H23F2N/c1-2-12-6-8-16(11-19,9-7-12)10-13-4-3-5-14(17)15(13)18/h3-5,12H,2,6-11,19H2,1H3. The normalized spacial score (nSPS) is 27.5. The Kier molecular flexibility index (Phi) is 4.56. The fraction of sp³-hybridized carbons (Fsp3) is 0.625. The Hall–Kier alpha value is -0.960. The van der Waals surface area contributed by atoms with Crippen LogP contribution in [-0.2, 0) is 6.42 Å². The zero-order chi connectivity index (χ0) is 13.9. The Morgan fingerprint density at radius 2 is 1.95 bits per heavy atom. The molecule has 2 N–H and O–H groups in total. The van der Waals surface area contributed by atoms with E-state index in [1.807, 2.05) is 0 Å². The summed E-state index contributed by atoms with van der Waals surface area (Å²) >= 11 is 0. The Morgan fingerprint density at radius 3 is 2.53 bits per heavy atom. The molecule has 1 nitrogen and oxygen atoms in total. The summed E-state index contributed by atoms with van der Waals surface area (Å²) in [6, 6.07) is 4.43. The summed E-state index contributed by atoms with van der Waals surface area (Å²) in [5, 5.41) is 0. The van der Waals surface area contributed by atoms with Gasteiger partial charge in [0, 0.05) is 0 Å². The van der Waals surface area contributed by atoms with Gasteiger partial charge in [0.15, 0.2) is 11.6 Å². The smallest absolute Gasteiger partial charge is 0.162 e. The summed E-state index contributed by atoms with van der Waals surface area (Å²) in [4.78, 5) is 0. The van der Waals surface area contributed by atoms with E-state index in [4.69, 9.17) is 5.73 Å². The Labute approximate surface area is 114 Å². The van der Waals surface area contributed by atoms with Gasteiger partial charge >= 0.3 is 0 Å². The predicted octanol–water partition coefficient (Wildman–Crippen LogP) is 4.05. The quantitative estimate of drug-likeness (QED) is 0.875. The van der Waals surface area contributed by atoms with E-state index >= 15 is 0 Å². The molecule has 2 rings (SSSR count). The molecule has 1 aromatic carbocycles. The summed E-state index contributed by atoms with van der Waals surface area (Å²) in [7, 11) is 0. The van der Waals surface area contributed by atoms with Crippen LogP contribution in [0, 0.1) is 23.0 Å². The molecule has 0 radical (unpaired) electrons. The van der Waals surface area contributed by atoms with E-state index in [1.54, 1.807) is 12.1 Å². The van der Waals surface area contributed by atoms with Crippen LogP contribution in [0.5, 0.6) is 0 Å². The average Bonchev–Trinajstić information content (AvgIpc) is 2.45. The van der Waals surface area contributed by atoms with Gasteiger partial charge in [-0.15, -0.1) is 0 Å². The second-order valence-corrected chi connectivity index (χ2v) is 5.95. The molecule has 0 saturated heterocycles. The highest BCUT2D eigenvalue weighted by molar-refractivity contribution is 5.21. The van der Waals surface area contributed by atoms with Crippen molar-refractivity contribution in [3.05, 3.63) is 35.4 Å². The molecular weight excluding hydrogens is 244 g/mol. The molecule has 0 aromatic heterocycles. The number of rotatable bonds is 4. The molecule has 0 amide bonds. The van der Waals surface area contributed by atoms with Crippen LogP contribution < -0.4 is 5.73 Å². The van der Waals surface area contributed by atoms with E-state index < -0.39 is 11.6 Å². The molecule has 1 aliphatic rings. The molecule has 19 heavy (non-hydrogen) atoms. The van der Waals surface area contributed by atoms with Gasteiger partial charge in [-0.25, -0.2) is 8.78 Å². The lowest BCUT2D eigenvalue weighted by Crippen LogP contribution is -2.37. The second kappa shape index (κ2) is 6.00. The summed E-state index contributed by atoms with van der Waals surface area (Å²) in [5.41, 5.74) is 6.38. The zero-order valence-electron chi connectivity index (χ0n) is 11.6. The highest BCUT2D eigenvalue weighted by Crippen LogP contribution is 2.42. The van der Waals surface area contributed by atoms with Crippen molar-refractivity contribution in [2.45, 2.75) is 45.4 Å². The van der Waals surface area contributed by atoms with E-state index in [2.05, 4.69) is 6.92 Å². The van der Waals surface area contributed by atoms with Crippen molar-refractivity contribution < 1.29 is 8.78 Å². The highest BCUT2D eigenvalue weighted by atomic mass is 19.2. The lowest BCUT2D eigenvalue weighted by molar-refractivity contribution is 0.152. The van der Waals surface area contributed by atoms with Gasteiger partial charge in [-0.05, 0) is 61.6 Å². The second-order valence-electron chi connectivity index (χ2n) is 5.95. The lowest BCUT2D eigenvalue weighted by Gasteiger charge is -2.39. The molecular formula is C16H23F2N. The van der Waals surface area contributed by atoms with Crippen LogP contribution in [0.2, 0.25) is 0 Å². The first-order valence-electron chi connectivity index (χ1n) is 7.23. The summed E-state index contributed by atoms with van der Waals surface area (Å²) in [6.45, 7) is 2.77. The minimum absolute atomic E-state index is 0.0414. The molecule has 1 aromatic rings. The van der Waals surface area contributed by atoms with E-state index in [9.17, 15) is 8.78 Å². The summed E-state index contributed by atoms with van der Waals surface area (Å²) < 4.78 is 27.1. The predicted molar refractivity (Wildman–Crippen MR) is 73.8 cm³/mol. The molecule has 0 unspecified atom stereocenters. The minimum atomic E-state index is -0.757. The molecule has 0 heterocycles. The third-order valence-corrected chi connectivity index (χ3v) is 4.77. The maximum Gasteiger partial charge on any atom is 0.162 e. The van der Waals surface area contributed by atoms with Crippen LogP contribution in [0.25, 0.3) is 0 Å². The molecule has 0 spiro atoms. The lowest BCUT2D eigenvalue weighted by atomic mass is 9.67.